The fourth-order valence-corrected chi connectivity index (χ4v) is 5.71. The molecular weight excluding hydrogens is 416 g/mol. The molecule has 1 saturated heterocycles. The molecule has 2 N–H and O–H groups in total. The maximum atomic E-state index is 12.9. The number of phenols is 1. The predicted molar refractivity (Wildman–Crippen MR) is 130 cm³/mol. The van der Waals surface area contributed by atoms with E-state index in [1.165, 1.54) is 24.8 Å². The zero-order valence-electron chi connectivity index (χ0n) is 20.5. The fraction of sp³-hybridized carbons (Fsp3) is 0.704. The fourth-order valence-electron chi connectivity index (χ4n) is 5.71. The Balaban J connectivity index is 1.52. The largest absolute Gasteiger partial charge is 0.508 e. The summed E-state index contributed by atoms with van der Waals surface area (Å²) in [5.74, 6) is 0.106. The molecule has 33 heavy (non-hydrogen) atoms. The van der Waals surface area contributed by atoms with Gasteiger partial charge in [-0.2, -0.15) is 0 Å². The van der Waals surface area contributed by atoms with Crippen molar-refractivity contribution in [2.45, 2.75) is 89.5 Å². The van der Waals surface area contributed by atoms with Gasteiger partial charge in [0.1, 0.15) is 5.75 Å². The number of hydrogen-bond acceptors (Lipinski definition) is 4. The van der Waals surface area contributed by atoms with Crippen LogP contribution >= 0.6 is 0 Å². The third kappa shape index (κ3) is 6.95. The second-order valence-corrected chi connectivity index (χ2v) is 10.4. The molecule has 1 heterocycles. The summed E-state index contributed by atoms with van der Waals surface area (Å²) in [5, 5.41) is 18.8. The highest BCUT2D eigenvalue weighted by atomic mass is 16.4. The van der Waals surface area contributed by atoms with Crippen LogP contribution in [0.15, 0.2) is 24.3 Å². The summed E-state index contributed by atoms with van der Waals surface area (Å²) < 4.78 is 0. The van der Waals surface area contributed by atoms with Gasteiger partial charge in [-0.05, 0) is 74.2 Å². The van der Waals surface area contributed by atoms with Gasteiger partial charge in [0.05, 0.1) is 0 Å². The molecule has 1 aliphatic carbocycles. The quantitative estimate of drug-likeness (QED) is 0.526. The summed E-state index contributed by atoms with van der Waals surface area (Å²) in [4.78, 5) is 28.4. The lowest BCUT2D eigenvalue weighted by atomic mass is 9.68. The SMILES string of the molecule is C[C@H]1CN(CCCN(C(=O)CCCC(=O)O)C2CCCCC2)CC[C@]1(C)c1cccc(O)c1. The van der Waals surface area contributed by atoms with Gasteiger partial charge in [-0.15, -0.1) is 0 Å². The third-order valence-electron chi connectivity index (χ3n) is 8.06. The molecule has 6 heteroatoms. The number of likely N-dealkylation sites (tertiary alicyclic amines) is 1. The molecule has 0 aromatic heterocycles. The highest BCUT2D eigenvalue weighted by Gasteiger charge is 2.38. The second kappa shape index (κ2) is 11.9. The molecule has 1 amide bonds. The Kier molecular flexibility index (Phi) is 9.19. The first-order chi connectivity index (χ1) is 15.8. The van der Waals surface area contributed by atoms with E-state index in [0.29, 0.717) is 30.6 Å². The van der Waals surface area contributed by atoms with E-state index in [1.807, 2.05) is 12.1 Å². The first kappa shape index (κ1) is 25.5. The number of amides is 1. The summed E-state index contributed by atoms with van der Waals surface area (Å²) in [6.45, 7) is 8.40. The van der Waals surface area contributed by atoms with Crippen molar-refractivity contribution in [2.75, 3.05) is 26.2 Å². The summed E-state index contributed by atoms with van der Waals surface area (Å²) in [7, 11) is 0. The highest BCUT2D eigenvalue weighted by Crippen LogP contribution is 2.40. The summed E-state index contributed by atoms with van der Waals surface area (Å²) in [6.07, 6.45) is 8.60. The Bertz CT molecular complexity index is 792. The number of carboxylic acid groups (broad SMARTS) is 1. The number of phenolic OH excluding ortho intramolecular Hbond substituents is 1. The molecule has 2 aliphatic rings. The van der Waals surface area contributed by atoms with Gasteiger partial charge in [0.25, 0.3) is 0 Å². The van der Waals surface area contributed by atoms with E-state index in [4.69, 9.17) is 5.11 Å². The van der Waals surface area contributed by atoms with E-state index in [-0.39, 0.29) is 17.7 Å². The zero-order chi connectivity index (χ0) is 23.8. The van der Waals surface area contributed by atoms with Crippen LogP contribution in [0.2, 0.25) is 0 Å². The third-order valence-corrected chi connectivity index (χ3v) is 8.06. The normalized spacial score (nSPS) is 24.5. The highest BCUT2D eigenvalue weighted by molar-refractivity contribution is 5.77. The topological polar surface area (TPSA) is 81.1 Å². The molecule has 1 saturated carbocycles. The van der Waals surface area contributed by atoms with Gasteiger partial charge in [0.15, 0.2) is 0 Å². The molecule has 1 aromatic carbocycles. The first-order valence-corrected chi connectivity index (χ1v) is 12.8. The lowest BCUT2D eigenvalue weighted by molar-refractivity contribution is -0.137. The summed E-state index contributed by atoms with van der Waals surface area (Å²) in [6, 6.07) is 8.02. The molecular formula is C27H42N2O4. The summed E-state index contributed by atoms with van der Waals surface area (Å²) >= 11 is 0. The van der Waals surface area contributed by atoms with Crippen LogP contribution in [-0.2, 0) is 15.0 Å². The molecule has 0 bridgehead atoms. The molecule has 3 rings (SSSR count). The minimum Gasteiger partial charge on any atom is -0.508 e. The molecule has 2 atom stereocenters. The van der Waals surface area contributed by atoms with Crippen molar-refractivity contribution in [3.63, 3.8) is 0 Å². The van der Waals surface area contributed by atoms with Gasteiger partial charge in [-0.1, -0.05) is 45.2 Å². The standard InChI is InChI=1S/C27H42N2O4/c1-21-20-28(18-15-27(21,2)22-9-6-12-24(30)19-22)16-8-17-29(23-10-4-3-5-11-23)25(31)13-7-14-26(32)33/h6,9,12,19,21,23,30H,3-5,7-8,10-11,13-18,20H2,1-2H3,(H,32,33)/t21-,27-/m0/s1. The number of carbonyl (C=O) groups is 2. The van der Waals surface area contributed by atoms with E-state index < -0.39 is 5.97 Å². The van der Waals surface area contributed by atoms with Crippen molar-refractivity contribution >= 4 is 11.9 Å². The Hall–Kier alpha value is -2.08. The van der Waals surface area contributed by atoms with Crippen LogP contribution in [-0.4, -0.2) is 64.1 Å². The predicted octanol–water partition coefficient (Wildman–Crippen LogP) is 4.80. The van der Waals surface area contributed by atoms with Crippen LogP contribution in [0.5, 0.6) is 5.75 Å². The zero-order valence-corrected chi connectivity index (χ0v) is 20.5. The van der Waals surface area contributed by atoms with E-state index in [0.717, 1.165) is 51.9 Å². The number of rotatable bonds is 10. The van der Waals surface area contributed by atoms with E-state index >= 15 is 0 Å². The smallest absolute Gasteiger partial charge is 0.303 e. The molecule has 1 aliphatic heterocycles. The Morgan fingerprint density at radius 3 is 2.58 bits per heavy atom. The molecule has 2 fully saturated rings. The second-order valence-electron chi connectivity index (χ2n) is 10.4. The molecule has 0 spiro atoms. The molecule has 0 radical (unpaired) electrons. The van der Waals surface area contributed by atoms with Crippen LogP contribution in [0.4, 0.5) is 0 Å². The van der Waals surface area contributed by atoms with E-state index in [1.54, 1.807) is 6.07 Å². The van der Waals surface area contributed by atoms with E-state index in [9.17, 15) is 14.7 Å². The molecule has 184 valence electrons. The average Bonchev–Trinajstić information content (AvgIpc) is 2.79. The van der Waals surface area contributed by atoms with Crippen LogP contribution in [0.25, 0.3) is 0 Å². The Morgan fingerprint density at radius 1 is 1.15 bits per heavy atom. The van der Waals surface area contributed by atoms with Gasteiger partial charge in [-0.25, -0.2) is 0 Å². The number of aromatic hydroxyl groups is 1. The lowest BCUT2D eigenvalue weighted by Gasteiger charge is -2.45. The average molecular weight is 459 g/mol. The molecule has 0 unspecified atom stereocenters. The van der Waals surface area contributed by atoms with Crippen molar-refractivity contribution in [1.82, 2.24) is 9.80 Å². The maximum absolute atomic E-state index is 12.9. The minimum atomic E-state index is -0.830. The lowest BCUT2D eigenvalue weighted by Crippen LogP contribution is -2.48. The van der Waals surface area contributed by atoms with Gasteiger partial charge < -0.3 is 20.0 Å². The number of nitrogens with zero attached hydrogens (tertiary/aromatic N) is 2. The monoisotopic (exact) mass is 458 g/mol. The maximum Gasteiger partial charge on any atom is 0.303 e. The van der Waals surface area contributed by atoms with Crippen molar-refractivity contribution in [3.05, 3.63) is 29.8 Å². The number of hydrogen-bond donors (Lipinski definition) is 2. The Labute approximate surface area is 199 Å². The van der Waals surface area contributed by atoms with Crippen molar-refractivity contribution in [1.29, 1.82) is 0 Å². The Morgan fingerprint density at radius 2 is 1.91 bits per heavy atom. The molecule has 6 nitrogen and oxygen atoms in total. The van der Waals surface area contributed by atoms with Crippen LogP contribution < -0.4 is 0 Å². The first-order valence-electron chi connectivity index (χ1n) is 12.8. The van der Waals surface area contributed by atoms with Gasteiger partial charge >= 0.3 is 5.97 Å². The van der Waals surface area contributed by atoms with Crippen LogP contribution in [0.1, 0.15) is 83.6 Å². The van der Waals surface area contributed by atoms with Crippen molar-refractivity contribution in [3.8, 4) is 5.75 Å². The number of aliphatic carboxylic acids is 1. The number of piperidine rings is 1. The number of benzene rings is 1. The van der Waals surface area contributed by atoms with Crippen LogP contribution in [0, 0.1) is 5.92 Å². The van der Waals surface area contributed by atoms with Crippen molar-refractivity contribution in [2.24, 2.45) is 5.92 Å². The molecule has 1 aromatic rings. The van der Waals surface area contributed by atoms with Gasteiger partial charge in [-0.3, -0.25) is 9.59 Å². The summed E-state index contributed by atoms with van der Waals surface area (Å²) in [5.41, 5.74) is 1.27. The van der Waals surface area contributed by atoms with Crippen molar-refractivity contribution < 1.29 is 19.8 Å². The van der Waals surface area contributed by atoms with E-state index in [2.05, 4.69) is 29.7 Å². The van der Waals surface area contributed by atoms with Gasteiger partial charge in [0.2, 0.25) is 5.91 Å². The van der Waals surface area contributed by atoms with Crippen LogP contribution in [0.3, 0.4) is 0 Å². The number of carboxylic acids is 1. The number of carbonyl (C=O) groups excluding carboxylic acids is 1. The van der Waals surface area contributed by atoms with Gasteiger partial charge in [0, 0.05) is 32.0 Å². The minimum absolute atomic E-state index is 0.0590.